The van der Waals surface area contributed by atoms with E-state index < -0.39 is 0 Å². The summed E-state index contributed by atoms with van der Waals surface area (Å²) in [5, 5.41) is 4.62. The molecule has 0 radical (unpaired) electrons. The van der Waals surface area contributed by atoms with Gasteiger partial charge in [-0.1, -0.05) is 50.1 Å². The fourth-order valence-corrected chi connectivity index (χ4v) is 4.37. The number of rotatable bonds is 3. The minimum Gasteiger partial charge on any atom is -0.331 e. The van der Waals surface area contributed by atoms with Gasteiger partial charge in [-0.2, -0.15) is 5.10 Å². The summed E-state index contributed by atoms with van der Waals surface area (Å²) in [6.45, 7) is 0. The molecule has 2 aliphatic carbocycles. The number of halogens is 1. The fourth-order valence-electron chi connectivity index (χ4n) is 4.12. The third-order valence-electron chi connectivity index (χ3n) is 5.27. The molecule has 3 rings (SSSR count). The van der Waals surface area contributed by atoms with Crippen molar-refractivity contribution in [1.82, 2.24) is 14.7 Å². The summed E-state index contributed by atoms with van der Waals surface area (Å²) in [4.78, 5) is 15.4. The number of hydrogen-bond donors (Lipinski definition) is 0. The first-order chi connectivity index (χ1) is 10.7. The maximum absolute atomic E-state index is 13.2. The zero-order chi connectivity index (χ0) is 15.5. The van der Waals surface area contributed by atoms with Crippen LogP contribution in [0.3, 0.4) is 0 Å². The van der Waals surface area contributed by atoms with Gasteiger partial charge in [-0.15, -0.1) is 0 Å². The minimum atomic E-state index is 0.0869. The largest absolute Gasteiger partial charge is 0.331 e. The lowest BCUT2D eigenvalue weighted by Gasteiger charge is -2.41. The van der Waals surface area contributed by atoms with Crippen LogP contribution < -0.4 is 0 Å². The van der Waals surface area contributed by atoms with Crippen LogP contribution in [0.25, 0.3) is 0 Å². The Bertz CT molecular complexity index is 478. The van der Waals surface area contributed by atoms with E-state index in [1.54, 1.807) is 17.9 Å². The minimum absolute atomic E-state index is 0.0869. The highest BCUT2D eigenvalue weighted by molar-refractivity contribution is 6.33. The number of carbonyl (C=O) groups is 1. The quantitative estimate of drug-likeness (QED) is 0.836. The van der Waals surface area contributed by atoms with E-state index in [1.165, 1.54) is 38.5 Å². The highest BCUT2D eigenvalue weighted by atomic mass is 35.5. The van der Waals surface area contributed by atoms with Gasteiger partial charge in [0.1, 0.15) is 5.69 Å². The molecule has 0 unspecified atom stereocenters. The molecule has 22 heavy (non-hydrogen) atoms. The predicted molar refractivity (Wildman–Crippen MR) is 88.1 cm³/mol. The van der Waals surface area contributed by atoms with Crippen LogP contribution in [0, 0.1) is 0 Å². The van der Waals surface area contributed by atoms with E-state index in [0.29, 0.717) is 22.8 Å². The molecule has 122 valence electrons. The van der Waals surface area contributed by atoms with Crippen molar-refractivity contribution in [3.8, 4) is 0 Å². The second kappa shape index (κ2) is 7.03. The van der Waals surface area contributed by atoms with Gasteiger partial charge in [0.2, 0.25) is 0 Å². The van der Waals surface area contributed by atoms with Crippen LogP contribution >= 0.6 is 11.6 Å². The molecule has 1 aromatic rings. The zero-order valence-electron chi connectivity index (χ0n) is 13.4. The third kappa shape index (κ3) is 3.17. The number of hydrogen-bond acceptors (Lipinski definition) is 2. The monoisotopic (exact) mass is 323 g/mol. The van der Waals surface area contributed by atoms with Crippen molar-refractivity contribution in [2.45, 2.75) is 76.3 Å². The number of carbonyl (C=O) groups excluding carboxylic acids is 1. The molecule has 0 spiro atoms. The Labute approximate surface area is 137 Å². The summed E-state index contributed by atoms with van der Waals surface area (Å²) < 4.78 is 1.63. The van der Waals surface area contributed by atoms with Gasteiger partial charge < -0.3 is 4.90 Å². The Kier molecular flexibility index (Phi) is 5.07. The first-order valence-corrected chi connectivity index (χ1v) is 9.06. The van der Waals surface area contributed by atoms with Crippen molar-refractivity contribution in [3.05, 3.63) is 16.9 Å². The smallest absolute Gasteiger partial charge is 0.274 e. The molecule has 4 nitrogen and oxygen atoms in total. The molecule has 2 saturated carbocycles. The standard InChI is InChI=1S/C17H26ClN3O/c1-20-16(15(18)12-19-20)17(22)21(13-8-4-2-5-9-13)14-10-6-3-7-11-14/h12-14H,2-11H2,1H3. The van der Waals surface area contributed by atoms with E-state index in [9.17, 15) is 4.79 Å². The number of nitrogens with zero attached hydrogens (tertiary/aromatic N) is 3. The van der Waals surface area contributed by atoms with Crippen LogP contribution in [0.1, 0.15) is 74.7 Å². The van der Waals surface area contributed by atoms with Crippen LogP contribution in [-0.2, 0) is 7.05 Å². The third-order valence-corrected chi connectivity index (χ3v) is 5.54. The number of amides is 1. The van der Waals surface area contributed by atoms with E-state index in [1.807, 2.05) is 0 Å². The van der Waals surface area contributed by atoms with Crippen molar-refractivity contribution in [3.63, 3.8) is 0 Å². The Morgan fingerprint density at radius 2 is 1.59 bits per heavy atom. The van der Waals surface area contributed by atoms with Gasteiger partial charge in [0, 0.05) is 19.1 Å². The number of aromatic nitrogens is 2. The Morgan fingerprint density at radius 1 is 1.09 bits per heavy atom. The van der Waals surface area contributed by atoms with Gasteiger partial charge in [0.25, 0.3) is 5.91 Å². The van der Waals surface area contributed by atoms with Crippen molar-refractivity contribution in [1.29, 1.82) is 0 Å². The lowest BCUT2D eigenvalue weighted by atomic mass is 9.88. The van der Waals surface area contributed by atoms with Crippen LogP contribution in [0.5, 0.6) is 0 Å². The van der Waals surface area contributed by atoms with E-state index in [4.69, 9.17) is 11.6 Å². The van der Waals surface area contributed by atoms with Crippen molar-refractivity contribution in [2.75, 3.05) is 0 Å². The molecule has 0 saturated heterocycles. The molecule has 0 N–H and O–H groups in total. The van der Waals surface area contributed by atoms with Gasteiger partial charge in [-0.25, -0.2) is 0 Å². The molecular weight excluding hydrogens is 298 g/mol. The molecular formula is C17H26ClN3O. The van der Waals surface area contributed by atoms with Crippen LogP contribution in [-0.4, -0.2) is 32.7 Å². The van der Waals surface area contributed by atoms with Gasteiger partial charge in [0.05, 0.1) is 11.2 Å². The summed E-state index contributed by atoms with van der Waals surface area (Å²) in [6, 6.07) is 0.769. The fraction of sp³-hybridized carbons (Fsp3) is 0.765. The van der Waals surface area contributed by atoms with Gasteiger partial charge in [0.15, 0.2) is 0 Å². The molecule has 0 bridgehead atoms. The van der Waals surface area contributed by atoms with E-state index in [0.717, 1.165) is 25.7 Å². The van der Waals surface area contributed by atoms with Crippen LogP contribution in [0.2, 0.25) is 5.02 Å². The maximum Gasteiger partial charge on any atom is 0.274 e. The molecule has 0 aromatic carbocycles. The summed E-state index contributed by atoms with van der Waals surface area (Å²) in [5.74, 6) is 0.0869. The number of aryl methyl sites for hydroxylation is 1. The van der Waals surface area contributed by atoms with E-state index in [2.05, 4.69) is 10.00 Å². The molecule has 1 amide bonds. The molecule has 0 aliphatic heterocycles. The second-order valence-electron chi connectivity index (χ2n) is 6.76. The molecule has 0 atom stereocenters. The van der Waals surface area contributed by atoms with Gasteiger partial charge >= 0.3 is 0 Å². The first kappa shape index (κ1) is 15.9. The van der Waals surface area contributed by atoms with E-state index in [-0.39, 0.29) is 5.91 Å². The van der Waals surface area contributed by atoms with Crippen molar-refractivity contribution in [2.24, 2.45) is 7.05 Å². The Hall–Kier alpha value is -1.03. The second-order valence-corrected chi connectivity index (χ2v) is 7.17. The topological polar surface area (TPSA) is 38.1 Å². The summed E-state index contributed by atoms with van der Waals surface area (Å²) in [7, 11) is 1.80. The first-order valence-electron chi connectivity index (χ1n) is 8.68. The van der Waals surface area contributed by atoms with E-state index >= 15 is 0 Å². The van der Waals surface area contributed by atoms with Crippen molar-refractivity contribution < 1.29 is 4.79 Å². The molecule has 5 heteroatoms. The molecule has 1 aromatic heterocycles. The summed E-state index contributed by atoms with van der Waals surface area (Å²) in [6.07, 6.45) is 13.7. The van der Waals surface area contributed by atoms with Gasteiger partial charge in [-0.3, -0.25) is 9.48 Å². The normalized spacial score (nSPS) is 21.0. The summed E-state index contributed by atoms with van der Waals surface area (Å²) in [5.41, 5.74) is 0.554. The molecule has 2 fully saturated rings. The Balaban J connectivity index is 1.88. The zero-order valence-corrected chi connectivity index (χ0v) is 14.2. The highest BCUT2D eigenvalue weighted by Crippen LogP contribution is 2.32. The van der Waals surface area contributed by atoms with Crippen molar-refractivity contribution >= 4 is 17.5 Å². The lowest BCUT2D eigenvalue weighted by Crippen LogP contribution is -2.49. The molecule has 2 aliphatic rings. The highest BCUT2D eigenvalue weighted by Gasteiger charge is 2.35. The van der Waals surface area contributed by atoms with Crippen LogP contribution in [0.15, 0.2) is 6.20 Å². The Morgan fingerprint density at radius 3 is 2.00 bits per heavy atom. The summed E-state index contributed by atoms with van der Waals surface area (Å²) >= 11 is 6.23. The average Bonchev–Trinajstić information content (AvgIpc) is 2.88. The van der Waals surface area contributed by atoms with Crippen LogP contribution in [0.4, 0.5) is 0 Å². The molecule has 1 heterocycles. The maximum atomic E-state index is 13.2. The van der Waals surface area contributed by atoms with Gasteiger partial charge in [-0.05, 0) is 25.7 Å². The predicted octanol–water partition coefficient (Wildman–Crippen LogP) is 4.18. The average molecular weight is 324 g/mol. The SMILES string of the molecule is Cn1ncc(Cl)c1C(=O)N(C1CCCCC1)C1CCCCC1. The lowest BCUT2D eigenvalue weighted by molar-refractivity contribution is 0.0438.